The average molecular weight is 466 g/mol. The largest absolute Gasteiger partial charge is 0.496 e. The minimum absolute atomic E-state index is 0.151. The molecule has 0 atom stereocenters. The first kappa shape index (κ1) is 23.3. The highest BCUT2D eigenvalue weighted by molar-refractivity contribution is 5.85. The summed E-state index contributed by atoms with van der Waals surface area (Å²) in [5.74, 6) is 1.56. The van der Waals surface area contributed by atoms with Crippen LogP contribution in [0.15, 0.2) is 90.0 Å². The zero-order chi connectivity index (χ0) is 24.5. The molecule has 4 aromatic rings. The van der Waals surface area contributed by atoms with E-state index in [9.17, 15) is 4.79 Å². The summed E-state index contributed by atoms with van der Waals surface area (Å²) in [5, 5.41) is 15.1. The van der Waals surface area contributed by atoms with Gasteiger partial charge in [0.05, 0.1) is 25.0 Å². The van der Waals surface area contributed by atoms with Gasteiger partial charge in [0.25, 0.3) is 5.91 Å². The van der Waals surface area contributed by atoms with Gasteiger partial charge in [-0.2, -0.15) is 10.4 Å². The van der Waals surface area contributed by atoms with Gasteiger partial charge in [0.15, 0.2) is 6.61 Å². The predicted molar refractivity (Wildman–Crippen MR) is 134 cm³/mol. The fraction of sp³-hybridized carbons (Fsp3) is 0.107. The zero-order valence-corrected chi connectivity index (χ0v) is 19.1. The van der Waals surface area contributed by atoms with Gasteiger partial charge in [-0.25, -0.2) is 5.43 Å². The van der Waals surface area contributed by atoms with Gasteiger partial charge >= 0.3 is 0 Å². The van der Waals surface area contributed by atoms with Gasteiger partial charge < -0.3 is 14.2 Å². The Morgan fingerprint density at radius 3 is 2.49 bits per heavy atom. The summed E-state index contributed by atoms with van der Waals surface area (Å²) in [7, 11) is 1.59. The second-order valence-corrected chi connectivity index (χ2v) is 7.59. The van der Waals surface area contributed by atoms with Crippen molar-refractivity contribution in [2.45, 2.75) is 6.61 Å². The van der Waals surface area contributed by atoms with Crippen LogP contribution in [0.2, 0.25) is 0 Å². The number of hydrogen-bond acceptors (Lipinski definition) is 6. The summed E-state index contributed by atoms with van der Waals surface area (Å²) in [6.07, 6.45) is 1.54. The molecule has 4 aromatic carbocycles. The molecule has 4 rings (SSSR count). The maximum Gasteiger partial charge on any atom is 0.277 e. The van der Waals surface area contributed by atoms with E-state index in [-0.39, 0.29) is 19.1 Å². The Hall–Kier alpha value is -4.83. The Bertz CT molecular complexity index is 1390. The Morgan fingerprint density at radius 1 is 0.943 bits per heavy atom. The molecule has 0 aliphatic heterocycles. The molecule has 7 heteroatoms. The molecule has 0 bridgehead atoms. The van der Waals surface area contributed by atoms with Crippen molar-refractivity contribution >= 4 is 22.9 Å². The quantitative estimate of drug-likeness (QED) is 0.282. The van der Waals surface area contributed by atoms with E-state index >= 15 is 0 Å². The van der Waals surface area contributed by atoms with Crippen LogP contribution in [0.25, 0.3) is 10.8 Å². The van der Waals surface area contributed by atoms with Crippen LogP contribution in [0.5, 0.6) is 17.2 Å². The van der Waals surface area contributed by atoms with Crippen molar-refractivity contribution in [3.05, 3.63) is 102 Å². The third kappa shape index (κ3) is 6.36. The second kappa shape index (κ2) is 11.3. The van der Waals surface area contributed by atoms with E-state index in [0.29, 0.717) is 22.8 Å². The van der Waals surface area contributed by atoms with Crippen LogP contribution in [0, 0.1) is 11.3 Å². The van der Waals surface area contributed by atoms with Crippen molar-refractivity contribution in [3.63, 3.8) is 0 Å². The lowest BCUT2D eigenvalue weighted by Crippen LogP contribution is -2.24. The highest BCUT2D eigenvalue weighted by atomic mass is 16.5. The van der Waals surface area contributed by atoms with Crippen LogP contribution >= 0.6 is 0 Å². The molecule has 0 radical (unpaired) electrons. The molecule has 0 saturated carbocycles. The van der Waals surface area contributed by atoms with Crippen LogP contribution in [0.4, 0.5) is 0 Å². The highest BCUT2D eigenvalue weighted by Crippen LogP contribution is 2.22. The molecule has 0 spiro atoms. The lowest BCUT2D eigenvalue weighted by molar-refractivity contribution is -0.123. The number of carbonyl (C=O) groups is 1. The normalized spacial score (nSPS) is 10.6. The average Bonchev–Trinajstić information content (AvgIpc) is 2.91. The number of nitrogens with one attached hydrogen (secondary N) is 1. The van der Waals surface area contributed by atoms with Crippen LogP contribution in [-0.2, 0) is 11.4 Å². The number of carbonyl (C=O) groups excluding carboxylic acids is 1. The summed E-state index contributed by atoms with van der Waals surface area (Å²) >= 11 is 0. The van der Waals surface area contributed by atoms with Gasteiger partial charge in [-0.1, -0.05) is 30.3 Å². The topological polar surface area (TPSA) is 92.9 Å². The minimum Gasteiger partial charge on any atom is -0.496 e. The second-order valence-electron chi connectivity index (χ2n) is 7.59. The van der Waals surface area contributed by atoms with E-state index in [1.807, 2.05) is 60.7 Å². The predicted octanol–water partition coefficient (Wildman–Crippen LogP) is 4.83. The number of methoxy groups -OCH3 is 1. The SMILES string of the molecule is COc1ccc(C=NNC(=O)COc2ccc3ccccc3c2)cc1COc1ccc(C#N)cc1. The third-order valence-electron chi connectivity index (χ3n) is 5.18. The standard InChI is InChI=1S/C28H23N3O4/c1-33-27-13-8-21(14-24(27)18-34-25-10-6-20(16-29)7-11-25)17-30-31-28(32)19-35-26-12-9-22-4-2-3-5-23(22)15-26/h2-15,17H,18-19H2,1H3,(H,31,32). The molecule has 0 heterocycles. The number of benzene rings is 4. The van der Waals surface area contributed by atoms with E-state index in [1.165, 1.54) is 0 Å². The maximum absolute atomic E-state index is 12.1. The monoisotopic (exact) mass is 465 g/mol. The first-order valence-electron chi connectivity index (χ1n) is 10.9. The molecule has 0 unspecified atom stereocenters. The third-order valence-corrected chi connectivity index (χ3v) is 5.18. The summed E-state index contributed by atoms with van der Waals surface area (Å²) in [6.45, 7) is 0.116. The zero-order valence-electron chi connectivity index (χ0n) is 19.1. The molecule has 0 fully saturated rings. The van der Waals surface area contributed by atoms with E-state index in [1.54, 1.807) is 37.6 Å². The summed E-state index contributed by atoms with van der Waals surface area (Å²) in [6, 6.07) is 28.1. The number of hydrazone groups is 1. The van der Waals surface area contributed by atoms with Gasteiger partial charge in [0.2, 0.25) is 0 Å². The fourth-order valence-corrected chi connectivity index (χ4v) is 3.40. The highest BCUT2D eigenvalue weighted by Gasteiger charge is 2.06. The van der Waals surface area contributed by atoms with Gasteiger partial charge in [0.1, 0.15) is 23.9 Å². The first-order valence-corrected chi connectivity index (χ1v) is 10.9. The molecular formula is C28H23N3O4. The minimum atomic E-state index is -0.368. The molecular weight excluding hydrogens is 442 g/mol. The van der Waals surface area contributed by atoms with Crippen molar-refractivity contribution in [3.8, 4) is 23.3 Å². The van der Waals surface area contributed by atoms with Crippen LogP contribution in [0.3, 0.4) is 0 Å². The molecule has 174 valence electrons. The lowest BCUT2D eigenvalue weighted by atomic mass is 10.1. The number of nitrogens with zero attached hydrogens (tertiary/aromatic N) is 2. The number of rotatable bonds is 9. The molecule has 1 N–H and O–H groups in total. The van der Waals surface area contributed by atoms with Crippen LogP contribution in [-0.4, -0.2) is 25.8 Å². The smallest absolute Gasteiger partial charge is 0.277 e. The Kier molecular flexibility index (Phi) is 7.56. The molecule has 35 heavy (non-hydrogen) atoms. The number of amides is 1. The number of hydrogen-bond donors (Lipinski definition) is 1. The van der Waals surface area contributed by atoms with Gasteiger partial charge in [-0.15, -0.1) is 0 Å². The fourth-order valence-electron chi connectivity index (χ4n) is 3.40. The van der Waals surface area contributed by atoms with E-state index in [0.717, 1.165) is 21.9 Å². The van der Waals surface area contributed by atoms with Crippen molar-refractivity contribution < 1.29 is 19.0 Å². The molecule has 1 amide bonds. The summed E-state index contributed by atoms with van der Waals surface area (Å²) in [4.78, 5) is 12.1. The van der Waals surface area contributed by atoms with Crippen molar-refractivity contribution in [2.24, 2.45) is 5.10 Å². The van der Waals surface area contributed by atoms with Crippen molar-refractivity contribution in [1.82, 2.24) is 5.43 Å². The first-order chi connectivity index (χ1) is 17.1. The number of ether oxygens (including phenoxy) is 3. The molecule has 0 aromatic heterocycles. The maximum atomic E-state index is 12.1. The Labute approximate surface area is 203 Å². The van der Waals surface area contributed by atoms with Crippen molar-refractivity contribution in [1.29, 1.82) is 5.26 Å². The lowest BCUT2D eigenvalue weighted by Gasteiger charge is -2.11. The summed E-state index contributed by atoms with van der Waals surface area (Å²) < 4.78 is 16.8. The number of fused-ring (bicyclic) bond motifs is 1. The number of nitriles is 1. The van der Waals surface area contributed by atoms with Crippen LogP contribution in [0.1, 0.15) is 16.7 Å². The van der Waals surface area contributed by atoms with Crippen molar-refractivity contribution in [2.75, 3.05) is 13.7 Å². The molecule has 0 aliphatic rings. The van der Waals surface area contributed by atoms with E-state index in [4.69, 9.17) is 19.5 Å². The Morgan fingerprint density at radius 2 is 1.71 bits per heavy atom. The van der Waals surface area contributed by atoms with Crippen LogP contribution < -0.4 is 19.6 Å². The molecule has 0 saturated heterocycles. The van der Waals surface area contributed by atoms with Gasteiger partial charge in [-0.3, -0.25) is 4.79 Å². The van der Waals surface area contributed by atoms with Gasteiger partial charge in [0, 0.05) is 5.56 Å². The van der Waals surface area contributed by atoms with Gasteiger partial charge in [-0.05, 0) is 70.9 Å². The van der Waals surface area contributed by atoms with E-state index < -0.39 is 0 Å². The Balaban J connectivity index is 1.31. The summed E-state index contributed by atoms with van der Waals surface area (Å²) in [5.41, 5.74) is 4.62. The van der Waals surface area contributed by atoms with E-state index in [2.05, 4.69) is 16.6 Å². The molecule has 0 aliphatic carbocycles. The molecule has 7 nitrogen and oxygen atoms in total.